The molecule has 1 aliphatic heterocycles. The fourth-order valence-electron chi connectivity index (χ4n) is 4.26. The Bertz CT molecular complexity index is 741. The molecule has 0 unspecified atom stereocenters. The Balaban J connectivity index is 1.79. The number of fused-ring (bicyclic) bond motifs is 1. The van der Waals surface area contributed by atoms with Crippen LogP contribution in [0.5, 0.6) is 0 Å². The molecule has 1 amide bonds. The number of carbonyl (C=O) groups excluding carboxylic acids is 1. The van der Waals surface area contributed by atoms with E-state index >= 15 is 0 Å². The lowest BCUT2D eigenvalue weighted by Gasteiger charge is -2.44. The lowest BCUT2D eigenvalue weighted by Crippen LogP contribution is -2.49. The first-order chi connectivity index (χ1) is 12.3. The molecule has 0 bridgehead atoms. The first-order valence-electron chi connectivity index (χ1n) is 9.71. The maximum Gasteiger partial charge on any atom is 0.254 e. The number of hydrogen-bond donors (Lipinski definition) is 0. The molecule has 0 spiro atoms. The second-order valence-corrected chi connectivity index (χ2v) is 9.89. The summed E-state index contributed by atoms with van der Waals surface area (Å²) in [4.78, 5) is 15.3. The van der Waals surface area contributed by atoms with Gasteiger partial charge in [0, 0.05) is 31.2 Å². The summed E-state index contributed by atoms with van der Waals surface area (Å²) in [5.74, 6) is 0.684. The summed E-state index contributed by atoms with van der Waals surface area (Å²) >= 11 is 0. The third-order valence-corrected chi connectivity index (χ3v) is 8.06. The number of piperidine rings is 1. The maximum absolute atomic E-state index is 13.0. The summed E-state index contributed by atoms with van der Waals surface area (Å²) in [6.45, 7) is 4.49. The van der Waals surface area contributed by atoms with Crippen molar-refractivity contribution in [2.24, 2.45) is 5.92 Å². The third-order valence-electron chi connectivity index (χ3n) is 6.01. The van der Waals surface area contributed by atoms with E-state index in [1.165, 1.54) is 30.0 Å². The van der Waals surface area contributed by atoms with Crippen molar-refractivity contribution in [3.63, 3.8) is 0 Å². The van der Waals surface area contributed by atoms with E-state index in [0.29, 0.717) is 17.5 Å². The van der Waals surface area contributed by atoms with Crippen LogP contribution in [0.3, 0.4) is 0 Å². The zero-order valence-electron chi connectivity index (χ0n) is 16.0. The molecule has 6 heteroatoms. The van der Waals surface area contributed by atoms with Crippen LogP contribution in [0.1, 0.15) is 62.7 Å². The number of sulfonamides is 1. The molecule has 1 aliphatic carbocycles. The summed E-state index contributed by atoms with van der Waals surface area (Å²) < 4.78 is 26.5. The minimum absolute atomic E-state index is 0.0442. The zero-order valence-corrected chi connectivity index (χ0v) is 16.8. The van der Waals surface area contributed by atoms with E-state index in [-0.39, 0.29) is 16.8 Å². The highest BCUT2D eigenvalue weighted by Crippen LogP contribution is 2.36. The van der Waals surface area contributed by atoms with Gasteiger partial charge in [-0.05, 0) is 69.7 Å². The molecule has 2 fully saturated rings. The van der Waals surface area contributed by atoms with Crippen LogP contribution in [0.2, 0.25) is 0 Å². The van der Waals surface area contributed by atoms with Gasteiger partial charge in [-0.25, -0.2) is 8.42 Å². The van der Waals surface area contributed by atoms with Gasteiger partial charge in [0.05, 0.1) is 4.90 Å². The third kappa shape index (κ3) is 3.67. The quantitative estimate of drug-likeness (QED) is 0.806. The SMILES string of the molecule is CC(C)N(C)S(=O)(=O)c1ccc(C(=O)N2CCC[C@@H]3CCCC[C@@H]32)cc1. The normalized spacial score (nSPS) is 24.0. The van der Waals surface area contributed by atoms with E-state index in [1.54, 1.807) is 31.3 Å². The van der Waals surface area contributed by atoms with E-state index in [2.05, 4.69) is 0 Å². The summed E-state index contributed by atoms with van der Waals surface area (Å²) in [6.07, 6.45) is 7.10. The van der Waals surface area contributed by atoms with Crippen molar-refractivity contribution in [3.05, 3.63) is 29.8 Å². The maximum atomic E-state index is 13.0. The van der Waals surface area contributed by atoms with Gasteiger partial charge in [0.25, 0.3) is 5.91 Å². The lowest BCUT2D eigenvalue weighted by molar-refractivity contribution is 0.0390. The van der Waals surface area contributed by atoms with E-state index in [1.807, 2.05) is 18.7 Å². The van der Waals surface area contributed by atoms with Gasteiger partial charge in [-0.15, -0.1) is 0 Å². The van der Waals surface area contributed by atoms with Crippen LogP contribution in [0.4, 0.5) is 0 Å². The highest BCUT2D eigenvalue weighted by atomic mass is 32.2. The van der Waals surface area contributed by atoms with Crippen molar-refractivity contribution in [3.8, 4) is 0 Å². The molecule has 0 N–H and O–H groups in total. The van der Waals surface area contributed by atoms with Crippen molar-refractivity contribution in [1.29, 1.82) is 0 Å². The van der Waals surface area contributed by atoms with Gasteiger partial charge >= 0.3 is 0 Å². The Morgan fingerprint density at radius 1 is 1.08 bits per heavy atom. The molecular formula is C20H30N2O3S. The van der Waals surface area contributed by atoms with Gasteiger partial charge in [-0.1, -0.05) is 12.8 Å². The number of rotatable bonds is 4. The number of hydrogen-bond acceptors (Lipinski definition) is 3. The molecule has 144 valence electrons. The Labute approximate surface area is 157 Å². The van der Waals surface area contributed by atoms with Crippen LogP contribution < -0.4 is 0 Å². The molecule has 3 rings (SSSR count). The lowest BCUT2D eigenvalue weighted by atomic mass is 9.78. The van der Waals surface area contributed by atoms with E-state index < -0.39 is 10.0 Å². The van der Waals surface area contributed by atoms with Gasteiger partial charge in [0.2, 0.25) is 10.0 Å². The molecule has 1 saturated heterocycles. The molecule has 1 aromatic carbocycles. The Morgan fingerprint density at radius 3 is 2.35 bits per heavy atom. The van der Waals surface area contributed by atoms with Gasteiger partial charge in [0.15, 0.2) is 0 Å². The number of nitrogens with zero attached hydrogens (tertiary/aromatic N) is 2. The Kier molecular flexibility index (Phi) is 5.72. The summed E-state index contributed by atoms with van der Waals surface area (Å²) in [5.41, 5.74) is 0.586. The second kappa shape index (κ2) is 7.69. The Morgan fingerprint density at radius 2 is 1.69 bits per heavy atom. The fraction of sp³-hybridized carbons (Fsp3) is 0.650. The van der Waals surface area contributed by atoms with Crippen molar-refractivity contribution < 1.29 is 13.2 Å². The monoisotopic (exact) mass is 378 g/mol. The van der Waals surface area contributed by atoms with Gasteiger partial charge < -0.3 is 4.90 Å². The van der Waals surface area contributed by atoms with Crippen molar-refractivity contribution in [2.45, 2.75) is 69.4 Å². The predicted molar refractivity (Wildman–Crippen MR) is 103 cm³/mol. The van der Waals surface area contributed by atoms with Crippen LogP contribution in [0.15, 0.2) is 29.2 Å². The predicted octanol–water partition coefficient (Wildman–Crippen LogP) is 3.51. The number of carbonyl (C=O) groups is 1. The number of benzene rings is 1. The molecular weight excluding hydrogens is 348 g/mol. The molecule has 0 radical (unpaired) electrons. The first-order valence-corrected chi connectivity index (χ1v) is 11.2. The summed E-state index contributed by atoms with van der Waals surface area (Å²) in [5, 5.41) is 0. The van der Waals surface area contributed by atoms with Crippen LogP contribution in [0, 0.1) is 5.92 Å². The highest BCUT2D eigenvalue weighted by Gasteiger charge is 2.36. The van der Waals surface area contributed by atoms with Crippen LogP contribution in [0.25, 0.3) is 0 Å². The van der Waals surface area contributed by atoms with E-state index in [0.717, 1.165) is 19.4 Å². The first kappa shape index (κ1) is 19.4. The topological polar surface area (TPSA) is 57.7 Å². The van der Waals surface area contributed by atoms with Crippen molar-refractivity contribution in [2.75, 3.05) is 13.6 Å². The average Bonchev–Trinajstić information content (AvgIpc) is 2.66. The van der Waals surface area contributed by atoms with Crippen LogP contribution in [-0.4, -0.2) is 49.2 Å². The molecule has 2 aliphatic rings. The minimum Gasteiger partial charge on any atom is -0.335 e. The highest BCUT2D eigenvalue weighted by molar-refractivity contribution is 7.89. The average molecular weight is 379 g/mol. The Hall–Kier alpha value is -1.40. The van der Waals surface area contributed by atoms with Crippen molar-refractivity contribution >= 4 is 15.9 Å². The van der Waals surface area contributed by atoms with Gasteiger partial charge in [-0.2, -0.15) is 4.31 Å². The summed E-state index contributed by atoms with van der Waals surface area (Å²) in [7, 11) is -1.94. The van der Waals surface area contributed by atoms with E-state index in [4.69, 9.17) is 0 Å². The molecule has 26 heavy (non-hydrogen) atoms. The molecule has 0 aromatic heterocycles. The minimum atomic E-state index is -3.52. The fourth-order valence-corrected chi connectivity index (χ4v) is 5.62. The smallest absolute Gasteiger partial charge is 0.254 e. The zero-order chi connectivity index (χ0) is 18.9. The van der Waals surface area contributed by atoms with Crippen LogP contribution >= 0.6 is 0 Å². The molecule has 1 saturated carbocycles. The molecule has 1 aromatic rings. The number of amides is 1. The molecule has 5 nitrogen and oxygen atoms in total. The second-order valence-electron chi connectivity index (χ2n) is 7.89. The largest absolute Gasteiger partial charge is 0.335 e. The van der Waals surface area contributed by atoms with Crippen LogP contribution in [-0.2, 0) is 10.0 Å². The standard InChI is InChI=1S/C20H30N2O3S/c1-15(2)21(3)26(24,25)18-12-10-17(11-13-18)20(23)22-14-6-8-16-7-4-5-9-19(16)22/h10-13,15-16,19H,4-9,14H2,1-3H3/t16-,19-/m0/s1. The van der Waals surface area contributed by atoms with Crippen molar-refractivity contribution in [1.82, 2.24) is 9.21 Å². The molecule has 2 atom stereocenters. The van der Waals surface area contributed by atoms with Gasteiger partial charge in [-0.3, -0.25) is 4.79 Å². The summed E-state index contributed by atoms with van der Waals surface area (Å²) in [6, 6.07) is 6.69. The van der Waals surface area contributed by atoms with Gasteiger partial charge in [0.1, 0.15) is 0 Å². The number of likely N-dealkylation sites (tertiary alicyclic amines) is 1. The van der Waals surface area contributed by atoms with E-state index in [9.17, 15) is 13.2 Å². The molecule has 1 heterocycles.